The van der Waals surface area contributed by atoms with Crippen molar-refractivity contribution in [2.24, 2.45) is 4.99 Å². The summed E-state index contributed by atoms with van der Waals surface area (Å²) in [5, 5.41) is 2.75. The van der Waals surface area contributed by atoms with Gasteiger partial charge in [-0.15, -0.1) is 11.3 Å². The molecule has 210 valence electrons. The van der Waals surface area contributed by atoms with E-state index in [0.29, 0.717) is 32.5 Å². The molecule has 0 radical (unpaired) electrons. The van der Waals surface area contributed by atoms with Crippen molar-refractivity contribution in [3.05, 3.63) is 140 Å². The fourth-order valence-electron chi connectivity index (χ4n) is 5.57. The molecule has 1 aliphatic heterocycles. The molecule has 0 saturated carbocycles. The van der Waals surface area contributed by atoms with E-state index >= 15 is 0 Å². The quantitative estimate of drug-likeness (QED) is 0.189. The summed E-state index contributed by atoms with van der Waals surface area (Å²) in [6.45, 7) is 0.362. The zero-order chi connectivity index (χ0) is 28.8. The van der Waals surface area contributed by atoms with Gasteiger partial charge in [0.05, 0.1) is 27.9 Å². The van der Waals surface area contributed by atoms with Gasteiger partial charge < -0.3 is 9.47 Å². The summed E-state index contributed by atoms with van der Waals surface area (Å²) in [6.07, 6.45) is 3.73. The molecule has 7 rings (SSSR count). The number of hydrogen-bond donors (Lipinski definition) is 0. The van der Waals surface area contributed by atoms with Crippen LogP contribution in [0.25, 0.3) is 11.8 Å². The Balaban J connectivity index is 1.30. The molecule has 0 amide bonds. The van der Waals surface area contributed by atoms with Crippen LogP contribution in [0.3, 0.4) is 0 Å². The molecule has 5 nitrogen and oxygen atoms in total. The third kappa shape index (κ3) is 4.96. The molecule has 0 spiro atoms. The highest BCUT2D eigenvalue weighted by atomic mass is 79.9. The smallest absolute Gasteiger partial charge is 0.271 e. The summed E-state index contributed by atoms with van der Waals surface area (Å²) in [5.41, 5.74) is 6.46. The molecule has 1 aliphatic carbocycles. The molecule has 3 heterocycles. The largest absolute Gasteiger partial charge is 0.493 e. The highest BCUT2D eigenvalue weighted by molar-refractivity contribution is 9.10. The number of nitrogens with zero attached hydrogens (tertiary/aromatic N) is 2. The van der Waals surface area contributed by atoms with Crippen LogP contribution in [0.2, 0.25) is 5.02 Å². The van der Waals surface area contributed by atoms with Gasteiger partial charge in [-0.1, -0.05) is 65.4 Å². The first kappa shape index (κ1) is 27.4. The van der Waals surface area contributed by atoms with Crippen LogP contribution in [0.5, 0.6) is 11.5 Å². The molecule has 0 N–H and O–H groups in total. The van der Waals surface area contributed by atoms with Gasteiger partial charge in [0.2, 0.25) is 0 Å². The van der Waals surface area contributed by atoms with E-state index in [1.807, 2.05) is 53.1 Å². The average molecular weight is 676 g/mol. The number of benzene rings is 3. The molecular formula is C33H24BrClN2O3S2. The molecule has 0 fully saturated rings. The summed E-state index contributed by atoms with van der Waals surface area (Å²) in [7, 11) is 1.61. The van der Waals surface area contributed by atoms with Gasteiger partial charge in [0.25, 0.3) is 5.56 Å². The fourth-order valence-corrected chi connectivity index (χ4v) is 8.12. The number of fused-ring (bicyclic) bond motifs is 3. The van der Waals surface area contributed by atoms with Crippen LogP contribution in [0.1, 0.15) is 39.6 Å². The highest BCUT2D eigenvalue weighted by Gasteiger charge is 2.33. The Kier molecular flexibility index (Phi) is 7.40. The number of halogens is 2. The van der Waals surface area contributed by atoms with Crippen LogP contribution in [-0.4, -0.2) is 11.7 Å². The minimum absolute atomic E-state index is 0.0410. The van der Waals surface area contributed by atoms with Crippen molar-refractivity contribution < 1.29 is 9.47 Å². The zero-order valence-corrected chi connectivity index (χ0v) is 26.4. The van der Waals surface area contributed by atoms with Gasteiger partial charge in [-0.3, -0.25) is 9.36 Å². The molecule has 2 aliphatic rings. The van der Waals surface area contributed by atoms with Crippen molar-refractivity contribution in [3.8, 4) is 11.5 Å². The Morgan fingerprint density at radius 1 is 1.10 bits per heavy atom. The molecule has 9 heteroatoms. The predicted molar refractivity (Wildman–Crippen MR) is 174 cm³/mol. The Labute approximate surface area is 263 Å². The fraction of sp³-hybridized carbons (Fsp3) is 0.152. The van der Waals surface area contributed by atoms with Gasteiger partial charge >= 0.3 is 0 Å². The normalized spacial score (nSPS) is 16.0. The van der Waals surface area contributed by atoms with Gasteiger partial charge in [0.15, 0.2) is 16.3 Å². The standard InChI is InChI=1S/C33H24BrClN2O3S2/c1-39-26-16-20(15-25(34)31(26)40-18-19-8-11-22(35)12-9-19)17-28-32(38)37-30(27-7-4-14-41-27)24-13-10-21-5-2-3-6-23(21)29(24)36-33(37)42-28/h2-9,11-12,14-17,30H,10,13,18H2,1H3/b28-17+/t30-/m1/s1. The minimum Gasteiger partial charge on any atom is -0.493 e. The predicted octanol–water partition coefficient (Wildman–Crippen LogP) is 7.38. The van der Waals surface area contributed by atoms with E-state index < -0.39 is 0 Å². The lowest BCUT2D eigenvalue weighted by Crippen LogP contribution is -2.38. The van der Waals surface area contributed by atoms with Crippen molar-refractivity contribution in [2.45, 2.75) is 25.5 Å². The number of methoxy groups -OCH3 is 1. The molecule has 2 aromatic heterocycles. The maximum absolute atomic E-state index is 14.0. The molecule has 42 heavy (non-hydrogen) atoms. The lowest BCUT2D eigenvalue weighted by Gasteiger charge is -2.30. The topological polar surface area (TPSA) is 52.8 Å². The number of ether oxygens (including phenoxy) is 2. The number of aryl methyl sites for hydroxylation is 1. The Morgan fingerprint density at radius 2 is 1.93 bits per heavy atom. The molecule has 3 aromatic carbocycles. The first-order chi connectivity index (χ1) is 20.5. The van der Waals surface area contributed by atoms with Crippen LogP contribution in [0.15, 0.2) is 98.0 Å². The molecule has 0 saturated heterocycles. The number of rotatable bonds is 6. The van der Waals surface area contributed by atoms with Gasteiger partial charge in [-0.05, 0) is 92.8 Å². The van der Waals surface area contributed by atoms with E-state index in [1.54, 1.807) is 18.4 Å². The molecular weight excluding hydrogens is 652 g/mol. The maximum Gasteiger partial charge on any atom is 0.271 e. The van der Waals surface area contributed by atoms with E-state index in [4.69, 9.17) is 26.1 Å². The van der Waals surface area contributed by atoms with E-state index in [9.17, 15) is 4.79 Å². The van der Waals surface area contributed by atoms with Crippen LogP contribution in [-0.2, 0) is 13.0 Å². The molecule has 0 unspecified atom stereocenters. The zero-order valence-electron chi connectivity index (χ0n) is 22.5. The van der Waals surface area contributed by atoms with E-state index in [2.05, 4.69) is 51.6 Å². The van der Waals surface area contributed by atoms with Gasteiger partial charge in [-0.2, -0.15) is 0 Å². The second-order valence-electron chi connectivity index (χ2n) is 10.1. The van der Waals surface area contributed by atoms with Gasteiger partial charge in [0, 0.05) is 15.5 Å². The number of thiazole rings is 1. The number of hydrogen-bond acceptors (Lipinski definition) is 6. The van der Waals surface area contributed by atoms with Crippen LogP contribution in [0.4, 0.5) is 0 Å². The third-order valence-electron chi connectivity index (χ3n) is 7.53. The first-order valence-corrected chi connectivity index (χ1v) is 16.3. The number of aromatic nitrogens is 1. The molecule has 1 atom stereocenters. The summed E-state index contributed by atoms with van der Waals surface area (Å²) < 4.78 is 15.0. The van der Waals surface area contributed by atoms with Gasteiger partial charge in [0.1, 0.15) is 6.61 Å². The highest BCUT2D eigenvalue weighted by Crippen LogP contribution is 2.42. The lowest BCUT2D eigenvalue weighted by molar-refractivity contribution is 0.282. The van der Waals surface area contributed by atoms with Gasteiger partial charge in [-0.25, -0.2) is 4.99 Å². The third-order valence-corrected chi connectivity index (χ3v) is 10.3. The minimum atomic E-state index is -0.156. The van der Waals surface area contributed by atoms with Crippen molar-refractivity contribution in [1.82, 2.24) is 4.57 Å². The average Bonchev–Trinajstić information content (AvgIpc) is 3.64. The number of allylic oxidation sites excluding steroid dienone is 1. The summed E-state index contributed by atoms with van der Waals surface area (Å²) >= 11 is 12.8. The molecule has 5 aromatic rings. The van der Waals surface area contributed by atoms with E-state index in [0.717, 1.165) is 39.0 Å². The Bertz CT molecular complexity index is 2030. The second-order valence-corrected chi connectivity index (χ2v) is 13.4. The van der Waals surface area contributed by atoms with E-state index in [1.165, 1.54) is 28.0 Å². The summed E-state index contributed by atoms with van der Waals surface area (Å²) in [5.74, 6) is 1.16. The first-order valence-electron chi connectivity index (χ1n) is 13.4. The van der Waals surface area contributed by atoms with Crippen LogP contribution < -0.4 is 24.4 Å². The number of thiophene rings is 1. The van der Waals surface area contributed by atoms with Crippen molar-refractivity contribution in [3.63, 3.8) is 0 Å². The summed E-state index contributed by atoms with van der Waals surface area (Å²) in [4.78, 5) is 21.0. The maximum atomic E-state index is 14.0. The Morgan fingerprint density at radius 3 is 2.71 bits per heavy atom. The van der Waals surface area contributed by atoms with Crippen LogP contribution in [0, 0.1) is 0 Å². The van der Waals surface area contributed by atoms with Crippen molar-refractivity contribution in [2.75, 3.05) is 7.11 Å². The van der Waals surface area contributed by atoms with Crippen LogP contribution >= 0.6 is 50.2 Å². The monoisotopic (exact) mass is 674 g/mol. The second kappa shape index (κ2) is 11.3. The Hall–Kier alpha value is -3.43. The van der Waals surface area contributed by atoms with E-state index in [-0.39, 0.29) is 11.6 Å². The lowest BCUT2D eigenvalue weighted by atomic mass is 9.85. The SMILES string of the molecule is COc1cc(/C=c2/sc3n(c2=O)[C@@H](c2cccs2)C2=C(N=3)c3ccccc3CC2)cc(Br)c1OCc1ccc(Cl)cc1. The van der Waals surface area contributed by atoms with Crippen molar-refractivity contribution >= 4 is 62.0 Å². The summed E-state index contributed by atoms with van der Waals surface area (Å²) in [6, 6.07) is 23.8. The molecule has 0 bridgehead atoms. The van der Waals surface area contributed by atoms with Crippen molar-refractivity contribution in [1.29, 1.82) is 0 Å².